The van der Waals surface area contributed by atoms with Crippen molar-refractivity contribution in [2.75, 3.05) is 31.1 Å². The molecule has 2 aromatic carbocycles. The molecule has 25 heavy (non-hydrogen) atoms. The Balaban J connectivity index is 1.40. The minimum absolute atomic E-state index is 0.130. The molecule has 2 heterocycles. The number of thioether (sulfide) groups is 1. The number of nitrogens with zero attached hydrogens (tertiary/aromatic N) is 3. The quantitative estimate of drug-likeness (QED) is 0.778. The van der Waals surface area contributed by atoms with Crippen LogP contribution in [0.1, 0.15) is 5.56 Å². The van der Waals surface area contributed by atoms with Crippen LogP contribution in [0.5, 0.6) is 0 Å². The fourth-order valence-corrected chi connectivity index (χ4v) is 3.99. The summed E-state index contributed by atoms with van der Waals surface area (Å²) >= 11 is 1.49. The van der Waals surface area contributed by atoms with E-state index in [9.17, 15) is 4.79 Å². The lowest BCUT2D eigenvalue weighted by molar-refractivity contribution is -0.113. The number of carbonyl (C=O) groups excluding carboxylic acids is 1. The average Bonchev–Trinajstić information content (AvgIpc) is 3.04. The highest BCUT2D eigenvalue weighted by Crippen LogP contribution is 2.31. The Labute approximate surface area is 151 Å². The summed E-state index contributed by atoms with van der Waals surface area (Å²) < 4.78 is 0. The molecule has 0 saturated carbocycles. The summed E-state index contributed by atoms with van der Waals surface area (Å²) in [7, 11) is 0. The van der Waals surface area contributed by atoms with Crippen molar-refractivity contribution in [1.29, 1.82) is 0 Å². The van der Waals surface area contributed by atoms with E-state index >= 15 is 0 Å². The van der Waals surface area contributed by atoms with Crippen molar-refractivity contribution in [3.8, 4) is 0 Å². The second-order valence-corrected chi connectivity index (χ2v) is 7.04. The number of hydrogen-bond acceptors (Lipinski definition) is 4. The van der Waals surface area contributed by atoms with Crippen LogP contribution in [0.2, 0.25) is 0 Å². The molecule has 126 valence electrons. The van der Waals surface area contributed by atoms with Crippen LogP contribution >= 0.6 is 11.8 Å². The van der Waals surface area contributed by atoms with Crippen LogP contribution in [0.25, 0.3) is 6.08 Å². The first-order valence-electron chi connectivity index (χ1n) is 8.42. The Morgan fingerprint density at radius 1 is 0.840 bits per heavy atom. The zero-order valence-electron chi connectivity index (χ0n) is 13.8. The smallest absolute Gasteiger partial charge is 0.286 e. The number of benzene rings is 2. The first-order chi connectivity index (χ1) is 12.3. The van der Waals surface area contributed by atoms with Crippen LogP contribution in [-0.4, -0.2) is 42.2 Å². The summed E-state index contributed by atoms with van der Waals surface area (Å²) in [6, 6.07) is 20.4. The number of para-hydroxylation sites is 1. The van der Waals surface area contributed by atoms with Crippen LogP contribution in [0.3, 0.4) is 0 Å². The van der Waals surface area contributed by atoms with Crippen LogP contribution < -0.4 is 4.90 Å². The monoisotopic (exact) mass is 349 g/mol. The maximum Gasteiger partial charge on any atom is 0.286 e. The van der Waals surface area contributed by atoms with Crippen molar-refractivity contribution in [2.24, 2.45) is 4.99 Å². The number of carbonyl (C=O) groups is 1. The summed E-state index contributed by atoms with van der Waals surface area (Å²) in [6.45, 7) is 3.64. The molecule has 4 rings (SSSR count). The van der Waals surface area contributed by atoms with E-state index in [2.05, 4.69) is 39.1 Å². The molecule has 0 aromatic heterocycles. The molecule has 0 aliphatic carbocycles. The predicted octanol–water partition coefficient (Wildman–Crippen LogP) is 3.48. The number of hydrogen-bond donors (Lipinski definition) is 0. The van der Waals surface area contributed by atoms with Gasteiger partial charge in [0.15, 0.2) is 5.17 Å². The van der Waals surface area contributed by atoms with Crippen molar-refractivity contribution < 1.29 is 4.79 Å². The molecule has 1 saturated heterocycles. The Morgan fingerprint density at radius 3 is 2.12 bits per heavy atom. The maximum absolute atomic E-state index is 12.2. The van der Waals surface area contributed by atoms with Crippen LogP contribution in [-0.2, 0) is 4.79 Å². The van der Waals surface area contributed by atoms with E-state index in [-0.39, 0.29) is 5.91 Å². The van der Waals surface area contributed by atoms with E-state index < -0.39 is 0 Å². The highest BCUT2D eigenvalue weighted by atomic mass is 32.2. The molecule has 0 spiro atoms. The van der Waals surface area contributed by atoms with Gasteiger partial charge >= 0.3 is 0 Å². The lowest BCUT2D eigenvalue weighted by Gasteiger charge is -2.36. The van der Waals surface area contributed by atoms with Gasteiger partial charge in [-0.2, -0.15) is 4.99 Å². The third kappa shape index (κ3) is 3.61. The molecule has 0 atom stereocenters. The van der Waals surface area contributed by atoms with Gasteiger partial charge in [0.05, 0.1) is 4.91 Å². The van der Waals surface area contributed by atoms with Gasteiger partial charge in [-0.05, 0) is 35.5 Å². The van der Waals surface area contributed by atoms with Gasteiger partial charge in [0.2, 0.25) is 0 Å². The predicted molar refractivity (Wildman–Crippen MR) is 105 cm³/mol. The standard InChI is InChI=1S/C20H19N3OS/c24-19-18(15-16-7-3-1-4-8-16)25-20(21-19)23-13-11-22(12-14-23)17-9-5-2-6-10-17/h1-10,15H,11-14H2. The van der Waals surface area contributed by atoms with Gasteiger partial charge in [0.25, 0.3) is 5.91 Å². The number of rotatable bonds is 2. The van der Waals surface area contributed by atoms with E-state index in [0.717, 1.165) is 36.9 Å². The lowest BCUT2D eigenvalue weighted by Crippen LogP contribution is -2.47. The highest BCUT2D eigenvalue weighted by Gasteiger charge is 2.28. The van der Waals surface area contributed by atoms with E-state index in [0.29, 0.717) is 4.91 Å². The normalized spacial score (nSPS) is 19.4. The first-order valence-corrected chi connectivity index (χ1v) is 9.24. The molecule has 0 radical (unpaired) electrons. The summed E-state index contributed by atoms with van der Waals surface area (Å²) in [5, 5.41) is 0.833. The zero-order chi connectivity index (χ0) is 17.1. The molecule has 2 aromatic rings. The van der Waals surface area contributed by atoms with E-state index in [4.69, 9.17) is 0 Å². The third-order valence-corrected chi connectivity index (χ3v) is 5.42. The van der Waals surface area contributed by atoms with Gasteiger partial charge in [-0.3, -0.25) is 4.79 Å². The van der Waals surface area contributed by atoms with Gasteiger partial charge in [-0.1, -0.05) is 48.5 Å². The minimum atomic E-state index is -0.130. The summed E-state index contributed by atoms with van der Waals surface area (Å²) in [4.78, 5) is 21.8. The average molecular weight is 349 g/mol. The summed E-state index contributed by atoms with van der Waals surface area (Å²) in [6.07, 6.45) is 1.92. The second-order valence-electron chi connectivity index (χ2n) is 6.03. The number of amides is 1. The molecule has 0 bridgehead atoms. The molecule has 2 aliphatic rings. The van der Waals surface area contributed by atoms with Crippen LogP contribution in [0, 0.1) is 0 Å². The third-order valence-electron chi connectivity index (χ3n) is 4.38. The SMILES string of the molecule is O=C1N=C(N2CCN(c3ccccc3)CC2)SC1=Cc1ccccc1. The zero-order valence-corrected chi connectivity index (χ0v) is 14.7. The Kier molecular flexibility index (Phi) is 4.57. The van der Waals surface area contributed by atoms with Crippen molar-refractivity contribution in [1.82, 2.24) is 4.90 Å². The molecule has 5 heteroatoms. The Morgan fingerprint density at radius 2 is 1.44 bits per heavy atom. The molecular weight excluding hydrogens is 330 g/mol. The number of amidine groups is 1. The number of piperazine rings is 1. The summed E-state index contributed by atoms with van der Waals surface area (Å²) in [5.74, 6) is -0.130. The Hall–Kier alpha value is -2.53. The van der Waals surface area contributed by atoms with Crippen LogP contribution in [0.15, 0.2) is 70.6 Å². The van der Waals surface area contributed by atoms with Crippen molar-refractivity contribution >= 4 is 34.6 Å². The fraction of sp³-hybridized carbons (Fsp3) is 0.200. The van der Waals surface area contributed by atoms with Crippen molar-refractivity contribution in [2.45, 2.75) is 0 Å². The highest BCUT2D eigenvalue weighted by molar-refractivity contribution is 8.18. The van der Waals surface area contributed by atoms with Gasteiger partial charge in [-0.25, -0.2) is 0 Å². The first kappa shape index (κ1) is 16.0. The molecule has 1 fully saturated rings. The lowest BCUT2D eigenvalue weighted by atomic mass is 10.2. The molecular formula is C20H19N3OS. The Bertz CT molecular complexity index is 809. The van der Waals surface area contributed by atoms with Crippen molar-refractivity contribution in [3.05, 3.63) is 71.1 Å². The minimum Gasteiger partial charge on any atom is -0.368 e. The molecule has 2 aliphatic heterocycles. The number of anilines is 1. The van der Waals surface area contributed by atoms with Gasteiger partial charge < -0.3 is 9.80 Å². The van der Waals surface area contributed by atoms with E-state index in [1.165, 1.54) is 17.4 Å². The van der Waals surface area contributed by atoms with E-state index in [1.807, 2.05) is 42.5 Å². The topological polar surface area (TPSA) is 35.9 Å². The second kappa shape index (κ2) is 7.15. The molecule has 0 N–H and O–H groups in total. The molecule has 4 nitrogen and oxygen atoms in total. The van der Waals surface area contributed by atoms with Gasteiger partial charge in [0, 0.05) is 31.9 Å². The van der Waals surface area contributed by atoms with Gasteiger partial charge in [-0.15, -0.1) is 0 Å². The number of aliphatic imine (C=N–C) groups is 1. The van der Waals surface area contributed by atoms with E-state index in [1.54, 1.807) is 0 Å². The summed E-state index contributed by atoms with van der Waals surface area (Å²) in [5.41, 5.74) is 2.28. The largest absolute Gasteiger partial charge is 0.368 e. The van der Waals surface area contributed by atoms with Gasteiger partial charge in [0.1, 0.15) is 0 Å². The van der Waals surface area contributed by atoms with Crippen LogP contribution in [0.4, 0.5) is 5.69 Å². The van der Waals surface area contributed by atoms with Crippen molar-refractivity contribution in [3.63, 3.8) is 0 Å². The molecule has 0 unspecified atom stereocenters. The maximum atomic E-state index is 12.2. The molecule has 1 amide bonds. The fourth-order valence-electron chi connectivity index (χ4n) is 3.03.